The number of pyridine rings is 1. The van der Waals surface area contributed by atoms with E-state index in [2.05, 4.69) is 20.5 Å². The highest BCUT2D eigenvalue weighted by molar-refractivity contribution is 6.30. The van der Waals surface area contributed by atoms with Crippen LogP contribution in [0, 0.1) is 0 Å². The van der Waals surface area contributed by atoms with E-state index in [0.717, 1.165) is 5.56 Å². The van der Waals surface area contributed by atoms with Gasteiger partial charge in [-0.3, -0.25) is 18.6 Å². The molecule has 0 saturated carbocycles. The van der Waals surface area contributed by atoms with Crippen LogP contribution in [0.25, 0.3) is 16.8 Å². The lowest BCUT2D eigenvalue weighted by Crippen LogP contribution is -2.33. The summed E-state index contributed by atoms with van der Waals surface area (Å²) in [5, 5.41) is 11.5. The lowest BCUT2D eigenvalue weighted by Gasteiger charge is -2.12. The van der Waals surface area contributed by atoms with Crippen LogP contribution in [0.2, 0.25) is 5.02 Å². The maximum Gasteiger partial charge on any atom is 0.297 e. The second kappa shape index (κ2) is 7.40. The summed E-state index contributed by atoms with van der Waals surface area (Å²) in [7, 11) is 0. The Balaban J connectivity index is 1.68. The summed E-state index contributed by atoms with van der Waals surface area (Å²) in [6, 6.07) is 10.7. The molecule has 142 valence electrons. The largest absolute Gasteiger partial charge is 0.350 e. The molecular weight excluding hydrogens is 380 g/mol. The van der Waals surface area contributed by atoms with Crippen molar-refractivity contribution in [2.75, 3.05) is 0 Å². The van der Waals surface area contributed by atoms with Gasteiger partial charge in [-0.2, -0.15) is 0 Å². The maximum absolute atomic E-state index is 12.9. The van der Waals surface area contributed by atoms with Crippen LogP contribution in [-0.4, -0.2) is 30.1 Å². The molecule has 0 radical (unpaired) electrons. The van der Waals surface area contributed by atoms with Crippen molar-refractivity contribution in [1.29, 1.82) is 0 Å². The standard InChI is InChI=1S/C19H17ClN6O2/c1-2-15-23-24-18-19(28)25(14-4-3-9-21-17(14)26(15)18)11-16(27)22-10-12-5-7-13(20)8-6-12/h3-9H,2,10-11H2,1H3,(H,22,27). The SMILES string of the molecule is CCc1nnc2c(=O)n(CC(=O)NCc3ccc(Cl)cc3)c3cccnc3n12. The monoisotopic (exact) mass is 396 g/mol. The molecular formula is C19H17ClN6O2. The van der Waals surface area contributed by atoms with Gasteiger partial charge in [-0.15, -0.1) is 10.2 Å². The van der Waals surface area contributed by atoms with Crippen LogP contribution in [0.4, 0.5) is 0 Å². The third-order valence-corrected chi connectivity index (χ3v) is 4.71. The van der Waals surface area contributed by atoms with Crippen molar-refractivity contribution in [3.05, 3.63) is 69.4 Å². The fourth-order valence-corrected chi connectivity index (χ4v) is 3.19. The molecule has 4 aromatic rings. The van der Waals surface area contributed by atoms with Crippen LogP contribution in [0.3, 0.4) is 0 Å². The summed E-state index contributed by atoms with van der Waals surface area (Å²) < 4.78 is 3.03. The normalized spacial score (nSPS) is 11.2. The fourth-order valence-electron chi connectivity index (χ4n) is 3.07. The molecule has 0 aliphatic rings. The second-order valence-electron chi connectivity index (χ2n) is 6.27. The van der Waals surface area contributed by atoms with Crippen molar-refractivity contribution in [2.24, 2.45) is 0 Å². The number of benzene rings is 1. The Hall–Kier alpha value is -3.26. The van der Waals surface area contributed by atoms with Gasteiger partial charge in [0.05, 0.1) is 5.52 Å². The van der Waals surface area contributed by atoms with E-state index in [1.165, 1.54) is 4.57 Å². The number of aromatic nitrogens is 5. The van der Waals surface area contributed by atoms with Crippen molar-refractivity contribution in [2.45, 2.75) is 26.4 Å². The smallest absolute Gasteiger partial charge is 0.297 e. The minimum absolute atomic E-state index is 0.139. The van der Waals surface area contributed by atoms with Gasteiger partial charge in [-0.25, -0.2) is 4.98 Å². The van der Waals surface area contributed by atoms with Gasteiger partial charge in [-0.1, -0.05) is 30.7 Å². The molecule has 1 N–H and O–H groups in total. The lowest BCUT2D eigenvalue weighted by molar-refractivity contribution is -0.121. The summed E-state index contributed by atoms with van der Waals surface area (Å²) >= 11 is 5.87. The summed E-state index contributed by atoms with van der Waals surface area (Å²) in [5.41, 5.74) is 1.79. The van der Waals surface area contributed by atoms with E-state index in [1.54, 1.807) is 34.9 Å². The molecule has 1 amide bonds. The average Bonchev–Trinajstić information content (AvgIpc) is 3.15. The number of hydrogen-bond donors (Lipinski definition) is 1. The number of carbonyl (C=O) groups is 1. The molecule has 9 heteroatoms. The van der Waals surface area contributed by atoms with Crippen molar-refractivity contribution >= 4 is 34.3 Å². The summed E-state index contributed by atoms with van der Waals surface area (Å²) in [6.07, 6.45) is 2.24. The van der Waals surface area contributed by atoms with Crippen LogP contribution >= 0.6 is 11.6 Å². The molecule has 0 aliphatic heterocycles. The highest BCUT2D eigenvalue weighted by Gasteiger charge is 2.17. The summed E-state index contributed by atoms with van der Waals surface area (Å²) in [5.74, 6) is 0.358. The zero-order chi connectivity index (χ0) is 19.7. The molecule has 1 aromatic carbocycles. The van der Waals surface area contributed by atoms with Gasteiger partial charge in [0.2, 0.25) is 11.6 Å². The second-order valence-corrected chi connectivity index (χ2v) is 6.71. The number of nitrogens with one attached hydrogen (secondary N) is 1. The Morgan fingerprint density at radius 1 is 1.14 bits per heavy atom. The van der Waals surface area contributed by atoms with Gasteiger partial charge in [-0.05, 0) is 29.8 Å². The van der Waals surface area contributed by atoms with Crippen molar-refractivity contribution in [3.63, 3.8) is 0 Å². The fraction of sp³-hybridized carbons (Fsp3) is 0.211. The number of halogens is 1. The van der Waals surface area contributed by atoms with E-state index in [4.69, 9.17) is 11.6 Å². The van der Waals surface area contributed by atoms with Gasteiger partial charge >= 0.3 is 0 Å². The summed E-state index contributed by atoms with van der Waals surface area (Å²) in [6.45, 7) is 2.13. The Morgan fingerprint density at radius 2 is 1.93 bits per heavy atom. The quantitative estimate of drug-likeness (QED) is 0.556. The number of amides is 1. The van der Waals surface area contributed by atoms with Gasteiger partial charge in [0.25, 0.3) is 5.56 Å². The average molecular weight is 397 g/mol. The topological polar surface area (TPSA) is 94.2 Å². The molecule has 0 bridgehead atoms. The highest BCUT2D eigenvalue weighted by atomic mass is 35.5. The van der Waals surface area contributed by atoms with Crippen LogP contribution in [-0.2, 0) is 24.3 Å². The molecule has 0 saturated heterocycles. The zero-order valence-electron chi connectivity index (χ0n) is 15.1. The third kappa shape index (κ3) is 3.22. The maximum atomic E-state index is 12.9. The molecule has 3 aromatic heterocycles. The number of carbonyl (C=O) groups excluding carboxylic acids is 1. The van der Waals surface area contributed by atoms with E-state index in [-0.39, 0.29) is 23.7 Å². The first-order valence-electron chi connectivity index (χ1n) is 8.81. The van der Waals surface area contributed by atoms with E-state index >= 15 is 0 Å². The molecule has 0 unspecified atom stereocenters. The molecule has 0 atom stereocenters. The van der Waals surface area contributed by atoms with Gasteiger partial charge in [0.15, 0.2) is 5.65 Å². The van der Waals surface area contributed by atoms with Crippen LogP contribution in [0.5, 0.6) is 0 Å². The van der Waals surface area contributed by atoms with E-state index in [9.17, 15) is 9.59 Å². The number of fused-ring (bicyclic) bond motifs is 3. The predicted octanol–water partition coefficient (Wildman–Crippen LogP) is 1.97. The van der Waals surface area contributed by atoms with Crippen LogP contribution in [0.1, 0.15) is 18.3 Å². The third-order valence-electron chi connectivity index (χ3n) is 4.46. The van der Waals surface area contributed by atoms with Crippen molar-refractivity contribution in [3.8, 4) is 0 Å². The number of rotatable bonds is 5. The van der Waals surface area contributed by atoms with Gasteiger partial charge in [0, 0.05) is 24.2 Å². The van der Waals surface area contributed by atoms with E-state index in [1.807, 2.05) is 19.1 Å². The summed E-state index contributed by atoms with van der Waals surface area (Å²) in [4.78, 5) is 29.8. The van der Waals surface area contributed by atoms with Crippen LogP contribution in [0.15, 0.2) is 47.4 Å². The predicted molar refractivity (Wildman–Crippen MR) is 105 cm³/mol. The first-order valence-corrected chi connectivity index (χ1v) is 9.19. The Labute approximate surface area is 164 Å². The molecule has 8 nitrogen and oxygen atoms in total. The first-order chi connectivity index (χ1) is 13.6. The minimum Gasteiger partial charge on any atom is -0.350 e. The number of aryl methyl sites for hydroxylation is 1. The van der Waals surface area contributed by atoms with E-state index in [0.29, 0.717) is 35.0 Å². The lowest BCUT2D eigenvalue weighted by atomic mass is 10.2. The number of nitrogens with zero attached hydrogens (tertiary/aromatic N) is 5. The molecule has 0 spiro atoms. The molecule has 0 fully saturated rings. The molecule has 3 heterocycles. The Kier molecular flexibility index (Phi) is 4.79. The molecule has 0 aliphatic carbocycles. The van der Waals surface area contributed by atoms with Gasteiger partial charge in [0.1, 0.15) is 12.4 Å². The zero-order valence-corrected chi connectivity index (χ0v) is 15.8. The van der Waals surface area contributed by atoms with E-state index < -0.39 is 0 Å². The molecule has 28 heavy (non-hydrogen) atoms. The number of hydrogen-bond acceptors (Lipinski definition) is 5. The Morgan fingerprint density at radius 3 is 2.68 bits per heavy atom. The first kappa shape index (κ1) is 18.1. The van der Waals surface area contributed by atoms with Gasteiger partial charge < -0.3 is 5.32 Å². The Bertz CT molecular complexity index is 1230. The highest BCUT2D eigenvalue weighted by Crippen LogP contribution is 2.13. The minimum atomic E-state index is -0.380. The van der Waals surface area contributed by atoms with Crippen molar-refractivity contribution < 1.29 is 4.79 Å². The molecule has 4 rings (SSSR count). The van der Waals surface area contributed by atoms with Crippen molar-refractivity contribution in [1.82, 2.24) is 29.5 Å². The van der Waals surface area contributed by atoms with Crippen LogP contribution < -0.4 is 10.9 Å².